The molecule has 0 unspecified atom stereocenters. The summed E-state index contributed by atoms with van der Waals surface area (Å²) in [5.41, 5.74) is 1.81. The fourth-order valence-corrected chi connectivity index (χ4v) is 1.54. The van der Waals surface area contributed by atoms with Crippen LogP contribution in [-0.2, 0) is 4.79 Å². The van der Waals surface area contributed by atoms with Crippen LogP contribution >= 0.6 is 0 Å². The highest BCUT2D eigenvalue weighted by molar-refractivity contribution is 5.81. The van der Waals surface area contributed by atoms with Gasteiger partial charge in [-0.05, 0) is 33.7 Å². The zero-order chi connectivity index (χ0) is 10.1. The zero-order valence-electron chi connectivity index (χ0n) is 8.63. The first-order valence-corrected chi connectivity index (χ1v) is 4.68. The normalized spacial score (nSPS) is 17.6. The van der Waals surface area contributed by atoms with Crippen LogP contribution in [0.3, 0.4) is 0 Å². The van der Waals surface area contributed by atoms with Gasteiger partial charge in [0.05, 0.1) is 5.41 Å². The fraction of sp³-hybridized carbons (Fsp3) is 0.889. The highest BCUT2D eigenvalue weighted by atomic mass is 16.2. The number of hydrazine groups is 1. The van der Waals surface area contributed by atoms with Crippen molar-refractivity contribution in [2.45, 2.75) is 32.7 Å². The third-order valence-electron chi connectivity index (χ3n) is 2.56. The maximum absolute atomic E-state index is 11.3. The lowest BCUT2D eigenvalue weighted by Crippen LogP contribution is -2.46. The van der Waals surface area contributed by atoms with Crippen molar-refractivity contribution in [3.63, 3.8) is 0 Å². The lowest BCUT2D eigenvalue weighted by atomic mass is 9.92. The Hall–Kier alpha value is -0.610. The summed E-state index contributed by atoms with van der Waals surface area (Å²) in [7, 11) is 2.06. The highest BCUT2D eigenvalue weighted by Gasteiger charge is 2.34. The molecule has 1 fully saturated rings. The molecule has 0 saturated heterocycles. The summed E-state index contributed by atoms with van der Waals surface area (Å²) in [4.78, 5) is 13.6. The van der Waals surface area contributed by atoms with Crippen LogP contribution in [-0.4, -0.2) is 30.4 Å². The van der Waals surface area contributed by atoms with E-state index < -0.39 is 5.41 Å². The van der Waals surface area contributed by atoms with Gasteiger partial charge in [-0.15, -0.1) is 0 Å². The van der Waals surface area contributed by atoms with Gasteiger partial charge < -0.3 is 4.90 Å². The quantitative estimate of drug-likeness (QED) is 0.371. The molecule has 0 radical (unpaired) electrons. The minimum Gasteiger partial charge on any atom is -0.302 e. The van der Waals surface area contributed by atoms with Gasteiger partial charge in [0.1, 0.15) is 0 Å². The van der Waals surface area contributed by atoms with Crippen molar-refractivity contribution in [2.75, 3.05) is 13.6 Å². The number of nitrogens with zero attached hydrogens (tertiary/aromatic N) is 1. The van der Waals surface area contributed by atoms with E-state index in [4.69, 9.17) is 5.84 Å². The van der Waals surface area contributed by atoms with E-state index in [1.807, 2.05) is 13.8 Å². The molecule has 0 atom stereocenters. The number of carbonyl (C=O) groups excluding carboxylic acids is 1. The molecule has 1 rings (SSSR count). The molecule has 0 aromatic heterocycles. The molecule has 0 aromatic carbocycles. The van der Waals surface area contributed by atoms with E-state index in [0.717, 1.165) is 6.54 Å². The van der Waals surface area contributed by atoms with E-state index in [1.165, 1.54) is 12.8 Å². The third kappa shape index (κ3) is 2.67. The van der Waals surface area contributed by atoms with E-state index in [2.05, 4.69) is 17.4 Å². The molecule has 1 aliphatic carbocycles. The van der Waals surface area contributed by atoms with Crippen LogP contribution in [0.1, 0.15) is 26.7 Å². The number of nitrogens with one attached hydrogen (secondary N) is 1. The Morgan fingerprint density at radius 3 is 2.54 bits per heavy atom. The van der Waals surface area contributed by atoms with Gasteiger partial charge in [0.2, 0.25) is 5.91 Å². The average molecular weight is 185 g/mol. The molecule has 1 amide bonds. The average Bonchev–Trinajstić information content (AvgIpc) is 2.84. The number of carbonyl (C=O) groups is 1. The minimum absolute atomic E-state index is 0.0972. The maximum atomic E-state index is 11.3. The first kappa shape index (κ1) is 10.5. The first-order chi connectivity index (χ1) is 5.97. The van der Waals surface area contributed by atoms with Gasteiger partial charge in [-0.2, -0.15) is 0 Å². The summed E-state index contributed by atoms with van der Waals surface area (Å²) in [5, 5.41) is 0. The van der Waals surface area contributed by atoms with Crippen LogP contribution in [0.25, 0.3) is 0 Å². The van der Waals surface area contributed by atoms with Crippen molar-refractivity contribution in [1.82, 2.24) is 10.3 Å². The van der Waals surface area contributed by atoms with Crippen molar-refractivity contribution in [1.29, 1.82) is 0 Å². The number of hydrogen-bond donors (Lipinski definition) is 2. The number of nitrogens with two attached hydrogens (primary N) is 1. The summed E-state index contributed by atoms with van der Waals surface area (Å²) in [6, 6.07) is 0.685. The Morgan fingerprint density at radius 1 is 1.62 bits per heavy atom. The summed E-state index contributed by atoms with van der Waals surface area (Å²) in [5.74, 6) is 5.01. The molecular formula is C9H19N3O. The van der Waals surface area contributed by atoms with Crippen molar-refractivity contribution >= 4 is 5.91 Å². The monoisotopic (exact) mass is 185 g/mol. The molecule has 76 valence electrons. The van der Waals surface area contributed by atoms with Gasteiger partial charge in [0, 0.05) is 12.6 Å². The topological polar surface area (TPSA) is 58.4 Å². The zero-order valence-corrected chi connectivity index (χ0v) is 8.63. The fourth-order valence-electron chi connectivity index (χ4n) is 1.54. The van der Waals surface area contributed by atoms with Crippen molar-refractivity contribution in [2.24, 2.45) is 11.3 Å². The van der Waals surface area contributed by atoms with Crippen molar-refractivity contribution in [3.05, 3.63) is 0 Å². The Kier molecular flexibility index (Phi) is 2.93. The molecule has 4 nitrogen and oxygen atoms in total. The van der Waals surface area contributed by atoms with E-state index in [0.29, 0.717) is 6.04 Å². The molecule has 0 heterocycles. The van der Waals surface area contributed by atoms with Crippen LogP contribution in [0.4, 0.5) is 0 Å². The summed E-state index contributed by atoms with van der Waals surface area (Å²) >= 11 is 0. The summed E-state index contributed by atoms with van der Waals surface area (Å²) in [6.45, 7) is 4.59. The van der Waals surface area contributed by atoms with Crippen LogP contribution in [0.5, 0.6) is 0 Å². The second kappa shape index (κ2) is 3.64. The molecule has 0 bridgehead atoms. The van der Waals surface area contributed by atoms with E-state index in [1.54, 1.807) is 0 Å². The standard InChI is InChI=1S/C9H19N3O/c1-9(2,8(13)11-10)6-12(3)7-4-5-7/h7H,4-6,10H2,1-3H3,(H,11,13). The van der Waals surface area contributed by atoms with Gasteiger partial charge in [-0.1, -0.05) is 0 Å². The largest absolute Gasteiger partial charge is 0.302 e. The predicted octanol–water partition coefficient (Wildman–Crippen LogP) is 0.0967. The molecule has 0 spiro atoms. The van der Waals surface area contributed by atoms with Gasteiger partial charge in [-0.25, -0.2) is 5.84 Å². The van der Waals surface area contributed by atoms with E-state index in [-0.39, 0.29) is 5.91 Å². The van der Waals surface area contributed by atoms with Crippen LogP contribution in [0.2, 0.25) is 0 Å². The summed E-state index contributed by atoms with van der Waals surface area (Å²) in [6.07, 6.45) is 2.52. The molecule has 13 heavy (non-hydrogen) atoms. The van der Waals surface area contributed by atoms with Crippen LogP contribution in [0.15, 0.2) is 0 Å². The van der Waals surface area contributed by atoms with Gasteiger partial charge >= 0.3 is 0 Å². The third-order valence-corrected chi connectivity index (χ3v) is 2.56. The smallest absolute Gasteiger partial charge is 0.240 e. The van der Waals surface area contributed by atoms with E-state index in [9.17, 15) is 4.79 Å². The Bertz CT molecular complexity index is 199. The number of hydrogen-bond acceptors (Lipinski definition) is 3. The highest BCUT2D eigenvalue weighted by Crippen LogP contribution is 2.28. The SMILES string of the molecule is CN(CC(C)(C)C(=O)NN)C1CC1. The molecule has 0 aliphatic heterocycles. The second-order valence-electron chi connectivity index (χ2n) is 4.50. The molecule has 4 heteroatoms. The second-order valence-corrected chi connectivity index (χ2v) is 4.50. The van der Waals surface area contributed by atoms with Crippen LogP contribution < -0.4 is 11.3 Å². The van der Waals surface area contributed by atoms with Crippen LogP contribution in [0, 0.1) is 5.41 Å². The Labute approximate surface area is 79.4 Å². The predicted molar refractivity (Wildman–Crippen MR) is 51.8 cm³/mol. The van der Waals surface area contributed by atoms with Gasteiger partial charge in [0.15, 0.2) is 0 Å². The number of rotatable bonds is 4. The molecule has 3 N–H and O–H groups in total. The first-order valence-electron chi connectivity index (χ1n) is 4.68. The Morgan fingerprint density at radius 2 is 2.15 bits per heavy atom. The minimum atomic E-state index is -0.397. The maximum Gasteiger partial charge on any atom is 0.240 e. The Balaban J connectivity index is 2.44. The molecule has 1 saturated carbocycles. The number of amides is 1. The summed E-state index contributed by atoms with van der Waals surface area (Å²) < 4.78 is 0. The van der Waals surface area contributed by atoms with Gasteiger partial charge in [0.25, 0.3) is 0 Å². The van der Waals surface area contributed by atoms with Crippen molar-refractivity contribution < 1.29 is 4.79 Å². The molecule has 0 aromatic rings. The van der Waals surface area contributed by atoms with Gasteiger partial charge in [-0.3, -0.25) is 10.2 Å². The molecule has 1 aliphatic rings. The lowest BCUT2D eigenvalue weighted by Gasteiger charge is -2.28. The lowest BCUT2D eigenvalue weighted by molar-refractivity contribution is -0.130. The van der Waals surface area contributed by atoms with Crippen molar-refractivity contribution in [3.8, 4) is 0 Å². The van der Waals surface area contributed by atoms with E-state index >= 15 is 0 Å². The molecular weight excluding hydrogens is 166 g/mol.